The van der Waals surface area contributed by atoms with Crippen LogP contribution >= 0.6 is 35.3 Å². The number of likely N-dealkylation sites (N-methyl/N-ethyl adjacent to an activating group) is 1. The van der Waals surface area contributed by atoms with E-state index in [4.69, 9.17) is 0 Å². The monoisotopic (exact) mass is 560 g/mol. The van der Waals surface area contributed by atoms with Crippen molar-refractivity contribution < 1.29 is 4.79 Å². The molecule has 3 heterocycles. The van der Waals surface area contributed by atoms with Gasteiger partial charge in [0.1, 0.15) is 18.7 Å². The van der Waals surface area contributed by atoms with E-state index in [1.165, 1.54) is 4.88 Å². The van der Waals surface area contributed by atoms with Gasteiger partial charge in [-0.1, -0.05) is 13.0 Å². The average molecular weight is 561 g/mol. The number of aliphatic imine (C=N–C) groups is 1. The summed E-state index contributed by atoms with van der Waals surface area (Å²) >= 11 is 1.80. The number of carbonyl (C=O) groups is 1. The van der Waals surface area contributed by atoms with Crippen molar-refractivity contribution in [2.45, 2.75) is 26.4 Å². The highest BCUT2D eigenvalue weighted by Crippen LogP contribution is 2.13. The summed E-state index contributed by atoms with van der Waals surface area (Å²) in [6, 6.07) is 4.29. The second kappa shape index (κ2) is 13.0. The zero-order chi connectivity index (χ0) is 21.3. The van der Waals surface area contributed by atoms with Crippen LogP contribution in [0.1, 0.15) is 17.6 Å². The van der Waals surface area contributed by atoms with Crippen molar-refractivity contribution in [1.82, 2.24) is 34.8 Å². The zero-order valence-corrected chi connectivity index (χ0v) is 21.7. The molecule has 31 heavy (non-hydrogen) atoms. The molecule has 0 unspecified atom stereocenters. The van der Waals surface area contributed by atoms with Crippen LogP contribution < -0.4 is 5.32 Å². The van der Waals surface area contributed by atoms with Gasteiger partial charge in [0.15, 0.2) is 5.96 Å². The summed E-state index contributed by atoms with van der Waals surface area (Å²) in [5.74, 6) is 1.77. The van der Waals surface area contributed by atoms with Crippen LogP contribution in [0, 0.1) is 0 Å². The van der Waals surface area contributed by atoms with Crippen LogP contribution in [-0.2, 0) is 24.3 Å². The Hall–Kier alpha value is -1.73. The van der Waals surface area contributed by atoms with Crippen LogP contribution in [0.5, 0.6) is 0 Å². The van der Waals surface area contributed by atoms with E-state index in [-0.39, 0.29) is 36.4 Å². The van der Waals surface area contributed by atoms with Gasteiger partial charge >= 0.3 is 0 Å². The Morgan fingerprint density at radius 1 is 1.29 bits per heavy atom. The molecule has 0 atom stereocenters. The zero-order valence-electron chi connectivity index (χ0n) is 18.5. The van der Waals surface area contributed by atoms with Crippen LogP contribution in [0.4, 0.5) is 0 Å². The van der Waals surface area contributed by atoms with Crippen LogP contribution in [0.25, 0.3) is 0 Å². The van der Waals surface area contributed by atoms with Gasteiger partial charge in [-0.3, -0.25) is 9.69 Å². The van der Waals surface area contributed by atoms with Crippen LogP contribution in [0.3, 0.4) is 0 Å². The molecule has 1 amide bonds. The van der Waals surface area contributed by atoms with E-state index >= 15 is 0 Å². The Kier molecular flexibility index (Phi) is 10.7. The second-order valence-corrected chi connectivity index (χ2v) is 8.52. The smallest absolute Gasteiger partial charge is 0.243 e. The quantitative estimate of drug-likeness (QED) is 0.299. The van der Waals surface area contributed by atoms with Gasteiger partial charge in [-0.05, 0) is 11.4 Å². The molecule has 1 saturated heterocycles. The number of carbonyl (C=O) groups excluding carboxylic acids is 1. The predicted molar refractivity (Wildman–Crippen MR) is 135 cm³/mol. The lowest BCUT2D eigenvalue weighted by molar-refractivity contribution is -0.127. The van der Waals surface area contributed by atoms with Crippen molar-refractivity contribution in [2.24, 2.45) is 4.99 Å². The summed E-state index contributed by atoms with van der Waals surface area (Å²) in [6.07, 6.45) is 2.61. The minimum Gasteiger partial charge on any atom is -0.354 e. The second-order valence-electron chi connectivity index (χ2n) is 7.49. The molecule has 3 rings (SSSR count). The summed E-state index contributed by atoms with van der Waals surface area (Å²) in [5.41, 5.74) is 0. The van der Waals surface area contributed by atoms with Crippen molar-refractivity contribution in [1.29, 1.82) is 0 Å². The fourth-order valence-corrected chi connectivity index (χ4v) is 4.07. The van der Waals surface area contributed by atoms with Gasteiger partial charge in [-0.2, -0.15) is 0 Å². The fraction of sp³-hybridized carbons (Fsp3) is 0.600. The topological polar surface area (TPSA) is 81.9 Å². The Morgan fingerprint density at radius 2 is 2.06 bits per heavy atom. The number of aromatic nitrogens is 3. The van der Waals surface area contributed by atoms with E-state index in [1.807, 2.05) is 0 Å². The standard InChI is InChI=1S/C20H32N8OS.HI/c1-4-18-24-23-16-28(18)8-7-21-20(22-14-19(29)25(2)3)27-11-9-26(10-12-27)15-17-6-5-13-30-17;/h5-6,13,16H,4,7-12,14-15H2,1-3H3,(H,21,22);1H. The Morgan fingerprint density at radius 3 is 2.71 bits per heavy atom. The number of hydrogen-bond acceptors (Lipinski definition) is 6. The molecule has 0 aromatic carbocycles. The molecule has 0 spiro atoms. The highest BCUT2D eigenvalue weighted by atomic mass is 127. The maximum Gasteiger partial charge on any atom is 0.243 e. The number of aryl methyl sites for hydroxylation is 1. The molecule has 172 valence electrons. The molecule has 2 aromatic heterocycles. The minimum absolute atomic E-state index is 0. The molecule has 1 N–H and O–H groups in total. The average Bonchev–Trinajstić information content (AvgIpc) is 3.42. The molecule has 0 bridgehead atoms. The van der Waals surface area contributed by atoms with Crippen molar-refractivity contribution in [3.8, 4) is 0 Å². The number of rotatable bonds is 8. The van der Waals surface area contributed by atoms with E-state index in [9.17, 15) is 4.79 Å². The van der Waals surface area contributed by atoms with Gasteiger partial charge in [-0.15, -0.1) is 45.5 Å². The lowest BCUT2D eigenvalue weighted by Gasteiger charge is -2.36. The fourth-order valence-electron chi connectivity index (χ4n) is 3.32. The first kappa shape index (κ1) is 25.5. The number of thiophene rings is 1. The summed E-state index contributed by atoms with van der Waals surface area (Å²) < 4.78 is 2.05. The van der Waals surface area contributed by atoms with Gasteiger partial charge in [0.05, 0.1) is 0 Å². The molecular weight excluding hydrogens is 527 g/mol. The van der Waals surface area contributed by atoms with Crippen LogP contribution in [-0.4, -0.2) is 94.7 Å². The van der Waals surface area contributed by atoms with Gasteiger partial charge in [0.25, 0.3) is 0 Å². The molecule has 1 fully saturated rings. The molecular formula is C20H33IN8OS. The van der Waals surface area contributed by atoms with E-state index in [0.717, 1.165) is 57.5 Å². The number of nitrogens with zero attached hydrogens (tertiary/aromatic N) is 7. The van der Waals surface area contributed by atoms with Crippen LogP contribution in [0.2, 0.25) is 0 Å². The molecule has 9 nitrogen and oxygen atoms in total. The largest absolute Gasteiger partial charge is 0.354 e. The minimum atomic E-state index is -0.00212. The summed E-state index contributed by atoms with van der Waals surface area (Å²) in [5, 5.41) is 13.7. The maximum atomic E-state index is 12.0. The normalized spacial score (nSPS) is 14.9. The lowest BCUT2D eigenvalue weighted by atomic mass is 10.3. The van der Waals surface area contributed by atoms with Crippen molar-refractivity contribution in [3.63, 3.8) is 0 Å². The van der Waals surface area contributed by atoms with Crippen molar-refractivity contribution >= 4 is 47.2 Å². The van der Waals surface area contributed by atoms with E-state index in [2.05, 4.69) is 59.3 Å². The number of hydrogen-bond donors (Lipinski definition) is 1. The van der Waals surface area contributed by atoms with E-state index in [1.54, 1.807) is 36.7 Å². The maximum absolute atomic E-state index is 12.0. The van der Waals surface area contributed by atoms with Gasteiger partial charge in [0, 0.05) is 71.2 Å². The van der Waals surface area contributed by atoms with E-state index < -0.39 is 0 Å². The molecule has 2 aromatic rings. The van der Waals surface area contributed by atoms with E-state index in [0.29, 0.717) is 6.54 Å². The number of amides is 1. The third-order valence-corrected chi connectivity index (χ3v) is 6.00. The molecule has 0 saturated carbocycles. The lowest BCUT2D eigenvalue weighted by Crippen LogP contribution is -2.52. The Labute approximate surface area is 205 Å². The third-order valence-electron chi connectivity index (χ3n) is 5.14. The molecule has 0 aliphatic carbocycles. The SMILES string of the molecule is CCc1nncn1CCNC(=NCC(=O)N(C)C)N1CCN(Cc2cccs2)CC1.I. The summed E-state index contributed by atoms with van der Waals surface area (Å²) in [4.78, 5) is 24.4. The number of nitrogens with one attached hydrogen (secondary N) is 1. The van der Waals surface area contributed by atoms with Crippen molar-refractivity contribution in [2.75, 3.05) is 53.4 Å². The summed E-state index contributed by atoms with van der Waals surface area (Å²) in [7, 11) is 3.51. The highest BCUT2D eigenvalue weighted by Gasteiger charge is 2.20. The van der Waals surface area contributed by atoms with Crippen molar-refractivity contribution in [3.05, 3.63) is 34.5 Å². The number of piperazine rings is 1. The number of halogens is 1. The summed E-state index contributed by atoms with van der Waals surface area (Å²) in [6.45, 7) is 8.42. The number of guanidine groups is 1. The molecule has 1 aliphatic rings. The Balaban J connectivity index is 0.00000341. The first-order chi connectivity index (χ1) is 14.6. The molecule has 11 heteroatoms. The highest BCUT2D eigenvalue weighted by molar-refractivity contribution is 14.0. The Bertz CT molecular complexity index is 815. The van der Waals surface area contributed by atoms with Crippen LogP contribution in [0.15, 0.2) is 28.8 Å². The van der Waals surface area contributed by atoms with Gasteiger partial charge < -0.3 is 19.7 Å². The molecule has 1 aliphatic heterocycles. The predicted octanol–water partition coefficient (Wildman–Crippen LogP) is 1.37. The van der Waals surface area contributed by atoms with Gasteiger partial charge in [0.2, 0.25) is 5.91 Å². The van der Waals surface area contributed by atoms with Gasteiger partial charge in [-0.25, -0.2) is 4.99 Å². The molecule has 0 radical (unpaired) electrons. The first-order valence-electron chi connectivity index (χ1n) is 10.4. The third kappa shape index (κ3) is 7.72. The first-order valence-corrected chi connectivity index (χ1v) is 11.3.